The number of carbonyl (C=O) groups is 2. The van der Waals surface area contributed by atoms with Gasteiger partial charge >= 0.3 is 18.3 Å². The molecular formula is C41H43F6N7O4S. The van der Waals surface area contributed by atoms with Crippen molar-refractivity contribution < 1.29 is 45.4 Å². The van der Waals surface area contributed by atoms with Gasteiger partial charge in [-0.1, -0.05) is 6.07 Å². The third kappa shape index (κ3) is 7.38. The van der Waals surface area contributed by atoms with Crippen LogP contribution in [0.15, 0.2) is 18.2 Å². The van der Waals surface area contributed by atoms with E-state index in [-0.39, 0.29) is 76.4 Å². The highest BCUT2D eigenvalue weighted by molar-refractivity contribution is 7.23. The summed E-state index contributed by atoms with van der Waals surface area (Å²) in [6.45, 7) is 7.97. The van der Waals surface area contributed by atoms with E-state index < -0.39 is 69.0 Å². The Morgan fingerprint density at radius 1 is 1.17 bits per heavy atom. The Morgan fingerprint density at radius 3 is 2.64 bits per heavy atom. The largest absolute Gasteiger partial charge is 0.461 e. The van der Waals surface area contributed by atoms with Crippen molar-refractivity contribution in [3.8, 4) is 23.2 Å². The number of anilines is 2. The molecule has 0 saturated carbocycles. The first-order valence-electron chi connectivity index (χ1n) is 19.8. The Labute approximate surface area is 340 Å². The Morgan fingerprint density at radius 2 is 1.95 bits per heavy atom. The van der Waals surface area contributed by atoms with Gasteiger partial charge < -0.3 is 19.3 Å². The Hall–Kier alpha value is -4.89. The molecule has 8 rings (SSSR count). The number of fused-ring (bicyclic) bond motifs is 4. The molecule has 1 N–H and O–H groups in total. The minimum atomic E-state index is -5.19. The molecule has 2 aromatic carbocycles. The number of amides is 2. The molecule has 0 bridgehead atoms. The highest BCUT2D eigenvalue weighted by Gasteiger charge is 2.50. The first-order valence-corrected chi connectivity index (χ1v) is 20.6. The number of benzene rings is 2. The van der Waals surface area contributed by atoms with Crippen molar-refractivity contribution in [3.05, 3.63) is 41.0 Å². The minimum absolute atomic E-state index is 0.00486. The second-order valence-corrected chi connectivity index (χ2v) is 17.8. The lowest BCUT2D eigenvalue weighted by Gasteiger charge is -2.32. The molecular weight excluding hydrogens is 801 g/mol. The maximum Gasteiger partial charge on any atom is 0.417 e. The monoisotopic (exact) mass is 843 g/mol. The van der Waals surface area contributed by atoms with Gasteiger partial charge in [-0.05, 0) is 84.0 Å². The molecule has 6 heterocycles. The van der Waals surface area contributed by atoms with Gasteiger partial charge in [0.05, 0.1) is 21.4 Å². The number of nitrogens with zero attached hydrogens (tertiary/aromatic N) is 6. The normalized spacial score (nSPS) is 23.4. The molecule has 0 spiro atoms. The van der Waals surface area contributed by atoms with E-state index in [0.717, 1.165) is 37.5 Å². The Bertz CT molecular complexity index is 2400. The predicted octanol–water partition coefficient (Wildman–Crippen LogP) is 8.96. The molecule has 11 nitrogen and oxygen atoms in total. The topological polar surface area (TPSA) is 124 Å². The summed E-state index contributed by atoms with van der Waals surface area (Å²) in [5.74, 6) is -2.37. The van der Waals surface area contributed by atoms with E-state index in [1.807, 2.05) is 11.0 Å². The maximum atomic E-state index is 17.6. The average molecular weight is 844 g/mol. The smallest absolute Gasteiger partial charge is 0.417 e. The van der Waals surface area contributed by atoms with Crippen LogP contribution in [0, 0.1) is 23.0 Å². The van der Waals surface area contributed by atoms with Gasteiger partial charge in [0.15, 0.2) is 5.82 Å². The van der Waals surface area contributed by atoms with Gasteiger partial charge in [-0.25, -0.2) is 18.0 Å². The number of piperidine rings is 1. The van der Waals surface area contributed by atoms with Crippen LogP contribution in [0.3, 0.4) is 0 Å². The number of rotatable bonds is 8. The molecule has 0 unspecified atom stereocenters. The molecule has 4 saturated heterocycles. The number of nitrogens with one attached hydrogen (secondary N) is 1. The molecule has 4 fully saturated rings. The number of alkyl halides is 4. The van der Waals surface area contributed by atoms with Gasteiger partial charge in [-0.2, -0.15) is 28.4 Å². The molecule has 0 radical (unpaired) electrons. The number of carbonyl (C=O) groups excluding carboxylic acids is 2. The molecule has 4 aliphatic rings. The molecule has 18 heteroatoms. The lowest BCUT2D eigenvalue weighted by molar-refractivity contribution is -0.137. The molecule has 4 aromatic rings. The fourth-order valence-corrected chi connectivity index (χ4v) is 10.6. The number of hydrogen-bond acceptors (Lipinski definition) is 10. The van der Waals surface area contributed by atoms with Crippen LogP contribution in [0.2, 0.25) is 0 Å². The fourth-order valence-electron chi connectivity index (χ4n) is 9.49. The van der Waals surface area contributed by atoms with Crippen molar-refractivity contribution in [2.75, 3.05) is 43.0 Å². The van der Waals surface area contributed by atoms with Crippen molar-refractivity contribution in [1.29, 1.82) is 5.26 Å². The predicted molar refractivity (Wildman–Crippen MR) is 209 cm³/mol. The summed E-state index contributed by atoms with van der Waals surface area (Å²) in [5, 5.41) is 11.9. The molecule has 2 amide bonds. The second kappa shape index (κ2) is 15.0. The Kier molecular flexibility index (Phi) is 10.4. The van der Waals surface area contributed by atoms with Crippen molar-refractivity contribution in [2.45, 2.75) is 108 Å². The summed E-state index contributed by atoms with van der Waals surface area (Å²) < 4.78 is 105. The van der Waals surface area contributed by atoms with E-state index in [2.05, 4.69) is 15.3 Å². The first-order chi connectivity index (χ1) is 27.9. The highest BCUT2D eigenvalue weighted by atomic mass is 32.1. The molecule has 4 atom stereocenters. The van der Waals surface area contributed by atoms with Gasteiger partial charge in [-0.15, -0.1) is 11.3 Å². The van der Waals surface area contributed by atoms with Crippen LogP contribution >= 0.6 is 11.3 Å². The van der Waals surface area contributed by atoms with Crippen molar-refractivity contribution >= 4 is 55.1 Å². The second-order valence-electron chi connectivity index (χ2n) is 16.8. The van der Waals surface area contributed by atoms with Gasteiger partial charge in [0.25, 0.3) is 0 Å². The Balaban J connectivity index is 1.32. The van der Waals surface area contributed by atoms with E-state index in [9.17, 15) is 19.2 Å². The number of nitriles is 1. The van der Waals surface area contributed by atoms with Crippen LogP contribution in [0.4, 0.5) is 42.0 Å². The summed E-state index contributed by atoms with van der Waals surface area (Å²) in [4.78, 5) is 40.2. The highest BCUT2D eigenvalue weighted by Crippen LogP contribution is 2.49. The van der Waals surface area contributed by atoms with Crippen molar-refractivity contribution in [2.24, 2.45) is 0 Å². The van der Waals surface area contributed by atoms with E-state index in [4.69, 9.17) is 9.47 Å². The third-order valence-electron chi connectivity index (χ3n) is 11.9. The van der Waals surface area contributed by atoms with Crippen molar-refractivity contribution in [3.63, 3.8) is 0 Å². The summed E-state index contributed by atoms with van der Waals surface area (Å²) in [5.41, 5.74) is -5.40. The minimum Gasteiger partial charge on any atom is -0.461 e. The number of aromatic nitrogens is 2. The van der Waals surface area contributed by atoms with E-state index in [1.54, 1.807) is 37.5 Å². The summed E-state index contributed by atoms with van der Waals surface area (Å²) in [7, 11) is 0. The molecule has 4 aliphatic heterocycles. The van der Waals surface area contributed by atoms with E-state index >= 15 is 22.0 Å². The molecule has 0 aliphatic carbocycles. The number of halogens is 6. The van der Waals surface area contributed by atoms with Gasteiger partial charge in [0.1, 0.15) is 46.6 Å². The average Bonchev–Trinajstić information content (AvgIpc) is 3.92. The number of hydrogen-bond donors (Lipinski definition) is 1. The zero-order chi connectivity index (χ0) is 42.2. The van der Waals surface area contributed by atoms with Crippen molar-refractivity contribution in [1.82, 2.24) is 19.8 Å². The van der Waals surface area contributed by atoms with Crippen LogP contribution in [-0.4, -0.2) is 93.9 Å². The maximum absolute atomic E-state index is 17.6. The molecule has 2 aromatic heterocycles. The van der Waals surface area contributed by atoms with Crippen LogP contribution in [-0.2, 0) is 15.7 Å². The van der Waals surface area contributed by atoms with Gasteiger partial charge in [0.2, 0.25) is 5.91 Å². The van der Waals surface area contributed by atoms with E-state index in [1.165, 1.54) is 0 Å². The summed E-state index contributed by atoms with van der Waals surface area (Å²) >= 11 is 0.597. The molecule has 59 heavy (non-hydrogen) atoms. The lowest BCUT2D eigenvalue weighted by Crippen LogP contribution is -2.43. The van der Waals surface area contributed by atoms with Crippen LogP contribution in [0.25, 0.3) is 32.1 Å². The number of thiophene rings is 1. The van der Waals surface area contributed by atoms with E-state index in [0.29, 0.717) is 43.7 Å². The number of ether oxygens (including phenoxy) is 2. The number of likely N-dealkylation sites (N-methyl/N-ethyl adjacent to an activating group) is 1. The lowest BCUT2D eigenvalue weighted by atomic mass is 9.92. The van der Waals surface area contributed by atoms with Crippen LogP contribution in [0.1, 0.15) is 83.8 Å². The van der Waals surface area contributed by atoms with Crippen LogP contribution in [0.5, 0.6) is 6.01 Å². The molecule has 314 valence electrons. The zero-order valence-electron chi connectivity index (χ0n) is 32.9. The quantitative estimate of drug-likeness (QED) is 0.173. The first kappa shape index (κ1) is 40.9. The fraction of sp³-hybridized carbons (Fsp3) is 0.537. The van der Waals surface area contributed by atoms with Crippen LogP contribution < -0.4 is 15.0 Å². The SMILES string of the molecule is CCN(c1nc(OC[C@@]23CCCN2C[C@H](F)C3)nc2c(F)c(-c3ccc(F)c4sc(NC(=O)OC(C)(C)C)c(C#N)c34)c(C(F)(F)F)cc12)[C@H]1C[C@H]2CCCC(=O)N2C1. The van der Waals surface area contributed by atoms with Gasteiger partial charge in [0, 0.05) is 60.9 Å². The summed E-state index contributed by atoms with van der Waals surface area (Å²) in [6.07, 6.45) is -3.17. The zero-order valence-corrected chi connectivity index (χ0v) is 33.8. The standard InChI is InChI=1S/C41H43F6N7O4S/c1-5-53(23-14-22-8-6-9-29(55)54(22)19-23)35-25-15-27(41(45,46)47)31(32(44)33(25)49-37(50-35)57-20-40-12-7-13-52(40)18-21(42)16-40)24-10-11-28(43)34-30(24)26(17-48)36(59-34)51-38(56)58-39(2,3)4/h10-11,15,21-23H,5-9,12-14,16,18-20H2,1-4H3,(H,51,56)/t21-,22-,23+,40+/m1/s1. The van der Waals surface area contributed by atoms with Gasteiger partial charge in [-0.3, -0.25) is 15.0 Å². The third-order valence-corrected chi connectivity index (χ3v) is 13.0. The summed E-state index contributed by atoms with van der Waals surface area (Å²) in [6, 6.07) is 3.69.